The summed E-state index contributed by atoms with van der Waals surface area (Å²) in [6.45, 7) is 2.31. The molecular weight excluding hydrogens is 230 g/mol. The molecule has 5 nitrogen and oxygen atoms in total. The van der Waals surface area contributed by atoms with E-state index >= 15 is 0 Å². The third-order valence-electron chi connectivity index (χ3n) is 3.63. The van der Waals surface area contributed by atoms with Crippen molar-refractivity contribution in [1.82, 2.24) is 9.47 Å². The molecule has 0 aromatic carbocycles. The lowest BCUT2D eigenvalue weighted by Gasteiger charge is -2.32. The molecule has 1 unspecified atom stereocenters. The van der Waals surface area contributed by atoms with E-state index in [0.29, 0.717) is 32.3 Å². The number of hydrogen-bond acceptors (Lipinski definition) is 3. The fraction of sp³-hybridized carbons (Fsp3) is 0.615. The molecule has 1 aliphatic heterocycles. The van der Waals surface area contributed by atoms with E-state index < -0.39 is 0 Å². The van der Waals surface area contributed by atoms with Gasteiger partial charge in [0.15, 0.2) is 0 Å². The van der Waals surface area contributed by atoms with Gasteiger partial charge in [-0.2, -0.15) is 0 Å². The first-order valence-electron chi connectivity index (χ1n) is 6.57. The van der Waals surface area contributed by atoms with Crippen molar-refractivity contribution in [2.75, 3.05) is 26.2 Å². The van der Waals surface area contributed by atoms with Gasteiger partial charge in [-0.15, -0.1) is 0 Å². The lowest BCUT2D eigenvalue weighted by atomic mass is 10.2. The molecule has 0 radical (unpaired) electrons. The summed E-state index contributed by atoms with van der Waals surface area (Å²) in [7, 11) is 0. The SMILES string of the molecule is NCC1CN(C(=O)c2cccn2C2CC2)CCO1. The number of carbonyl (C=O) groups excluding carboxylic acids is 1. The molecule has 1 saturated carbocycles. The molecule has 2 aliphatic rings. The third-order valence-corrected chi connectivity index (χ3v) is 3.63. The van der Waals surface area contributed by atoms with Gasteiger partial charge >= 0.3 is 0 Å². The van der Waals surface area contributed by atoms with E-state index in [2.05, 4.69) is 4.57 Å². The van der Waals surface area contributed by atoms with E-state index in [4.69, 9.17) is 10.5 Å². The average molecular weight is 249 g/mol. The average Bonchev–Trinajstić information content (AvgIpc) is 3.15. The topological polar surface area (TPSA) is 60.5 Å². The maximum Gasteiger partial charge on any atom is 0.270 e. The molecule has 0 bridgehead atoms. The molecule has 1 saturated heterocycles. The summed E-state index contributed by atoms with van der Waals surface area (Å²) in [5.74, 6) is 0.105. The highest BCUT2D eigenvalue weighted by molar-refractivity contribution is 5.93. The Hall–Kier alpha value is -1.33. The predicted molar refractivity (Wildman–Crippen MR) is 67.4 cm³/mol. The van der Waals surface area contributed by atoms with Gasteiger partial charge in [-0.3, -0.25) is 4.79 Å². The van der Waals surface area contributed by atoms with Crippen LogP contribution in [0.2, 0.25) is 0 Å². The maximum atomic E-state index is 12.5. The van der Waals surface area contributed by atoms with Gasteiger partial charge < -0.3 is 19.9 Å². The Bertz CT molecular complexity index is 439. The summed E-state index contributed by atoms with van der Waals surface area (Å²) < 4.78 is 7.60. The lowest BCUT2D eigenvalue weighted by Crippen LogP contribution is -2.48. The van der Waals surface area contributed by atoms with E-state index in [-0.39, 0.29) is 12.0 Å². The minimum Gasteiger partial charge on any atom is -0.373 e. The molecule has 1 aliphatic carbocycles. The monoisotopic (exact) mass is 249 g/mol. The smallest absolute Gasteiger partial charge is 0.270 e. The summed E-state index contributed by atoms with van der Waals surface area (Å²) in [5.41, 5.74) is 6.41. The van der Waals surface area contributed by atoms with Crippen LogP contribution in [0.1, 0.15) is 29.4 Å². The Labute approximate surface area is 106 Å². The first-order chi connectivity index (χ1) is 8.79. The number of ether oxygens (including phenoxy) is 1. The largest absolute Gasteiger partial charge is 0.373 e. The fourth-order valence-corrected chi connectivity index (χ4v) is 2.45. The number of amides is 1. The van der Waals surface area contributed by atoms with Crippen LogP contribution in [0.3, 0.4) is 0 Å². The first kappa shape index (κ1) is 11.7. The van der Waals surface area contributed by atoms with Crippen LogP contribution in [0, 0.1) is 0 Å². The van der Waals surface area contributed by atoms with Crippen LogP contribution in [0.25, 0.3) is 0 Å². The summed E-state index contributed by atoms with van der Waals surface area (Å²) in [6.07, 6.45) is 4.35. The molecule has 98 valence electrons. The van der Waals surface area contributed by atoms with E-state index in [1.54, 1.807) is 0 Å². The van der Waals surface area contributed by atoms with Gasteiger partial charge in [-0.1, -0.05) is 0 Å². The van der Waals surface area contributed by atoms with Gasteiger partial charge in [0.2, 0.25) is 0 Å². The number of rotatable bonds is 3. The van der Waals surface area contributed by atoms with E-state index in [9.17, 15) is 4.79 Å². The van der Waals surface area contributed by atoms with Crippen molar-refractivity contribution in [3.8, 4) is 0 Å². The van der Waals surface area contributed by atoms with Crippen LogP contribution in [0.4, 0.5) is 0 Å². The second-order valence-electron chi connectivity index (χ2n) is 5.01. The molecule has 3 rings (SSSR count). The predicted octanol–water partition coefficient (Wildman–Crippen LogP) is 0.623. The molecule has 18 heavy (non-hydrogen) atoms. The minimum atomic E-state index is -0.0213. The van der Waals surface area contributed by atoms with Crippen molar-refractivity contribution in [3.05, 3.63) is 24.0 Å². The van der Waals surface area contributed by atoms with Crippen molar-refractivity contribution < 1.29 is 9.53 Å². The van der Waals surface area contributed by atoms with Crippen molar-refractivity contribution in [1.29, 1.82) is 0 Å². The molecule has 1 atom stereocenters. The molecule has 5 heteroatoms. The second kappa shape index (κ2) is 4.74. The van der Waals surface area contributed by atoms with Gasteiger partial charge in [-0.25, -0.2) is 0 Å². The normalized spacial score (nSPS) is 24.3. The molecule has 2 fully saturated rings. The zero-order valence-electron chi connectivity index (χ0n) is 10.4. The third kappa shape index (κ3) is 2.15. The van der Waals surface area contributed by atoms with Crippen molar-refractivity contribution in [2.24, 2.45) is 5.73 Å². The molecule has 1 aromatic heterocycles. The van der Waals surface area contributed by atoms with Gasteiger partial charge in [0.25, 0.3) is 5.91 Å². The van der Waals surface area contributed by atoms with Gasteiger partial charge in [-0.05, 0) is 25.0 Å². The Morgan fingerprint density at radius 3 is 3.06 bits per heavy atom. The number of nitrogens with zero attached hydrogens (tertiary/aromatic N) is 2. The highest BCUT2D eigenvalue weighted by atomic mass is 16.5. The Morgan fingerprint density at radius 2 is 2.33 bits per heavy atom. The number of carbonyl (C=O) groups is 1. The van der Waals surface area contributed by atoms with Gasteiger partial charge in [0.05, 0.1) is 12.7 Å². The zero-order valence-corrected chi connectivity index (χ0v) is 10.4. The molecule has 2 heterocycles. The van der Waals surface area contributed by atoms with Crippen LogP contribution >= 0.6 is 0 Å². The quantitative estimate of drug-likeness (QED) is 0.854. The first-order valence-corrected chi connectivity index (χ1v) is 6.57. The molecule has 0 spiro atoms. The van der Waals surface area contributed by atoms with E-state index in [0.717, 1.165) is 5.69 Å². The number of aromatic nitrogens is 1. The summed E-state index contributed by atoms with van der Waals surface area (Å²) in [4.78, 5) is 14.3. The minimum absolute atomic E-state index is 0.0213. The standard InChI is InChI=1S/C13H19N3O2/c14-8-11-9-15(6-7-18-11)13(17)12-2-1-5-16(12)10-3-4-10/h1-2,5,10-11H,3-4,6-9,14H2. The summed E-state index contributed by atoms with van der Waals surface area (Å²) in [5, 5.41) is 0. The van der Waals surface area contributed by atoms with Crippen LogP contribution in [0.5, 0.6) is 0 Å². The van der Waals surface area contributed by atoms with Crippen LogP contribution in [0.15, 0.2) is 18.3 Å². The van der Waals surface area contributed by atoms with Crippen LogP contribution < -0.4 is 5.73 Å². The van der Waals surface area contributed by atoms with Gasteiger partial charge in [0, 0.05) is 31.9 Å². The number of nitrogens with two attached hydrogens (primary N) is 1. The molecule has 2 N–H and O–H groups in total. The molecule has 1 aromatic rings. The Kier molecular flexibility index (Phi) is 3.09. The van der Waals surface area contributed by atoms with E-state index in [1.165, 1.54) is 12.8 Å². The van der Waals surface area contributed by atoms with Crippen molar-refractivity contribution in [3.63, 3.8) is 0 Å². The lowest BCUT2D eigenvalue weighted by molar-refractivity contribution is -0.0171. The summed E-state index contributed by atoms with van der Waals surface area (Å²) >= 11 is 0. The van der Waals surface area contributed by atoms with Crippen LogP contribution in [-0.4, -0.2) is 47.7 Å². The summed E-state index contributed by atoms with van der Waals surface area (Å²) in [6, 6.07) is 4.39. The molecule has 1 amide bonds. The van der Waals surface area contributed by atoms with E-state index in [1.807, 2.05) is 23.2 Å². The number of hydrogen-bond donors (Lipinski definition) is 1. The zero-order chi connectivity index (χ0) is 12.5. The fourth-order valence-electron chi connectivity index (χ4n) is 2.45. The highest BCUT2D eigenvalue weighted by Gasteiger charge is 2.30. The Balaban J connectivity index is 1.74. The second-order valence-corrected chi connectivity index (χ2v) is 5.01. The molecular formula is C13H19N3O2. The highest BCUT2D eigenvalue weighted by Crippen LogP contribution is 2.36. The Morgan fingerprint density at radius 1 is 1.50 bits per heavy atom. The van der Waals surface area contributed by atoms with Crippen molar-refractivity contribution in [2.45, 2.75) is 25.0 Å². The van der Waals surface area contributed by atoms with Crippen molar-refractivity contribution >= 4 is 5.91 Å². The van der Waals surface area contributed by atoms with Gasteiger partial charge in [0.1, 0.15) is 5.69 Å². The number of morpholine rings is 1. The maximum absolute atomic E-state index is 12.5. The van der Waals surface area contributed by atoms with Crippen LogP contribution in [-0.2, 0) is 4.74 Å².